The molecule has 0 aliphatic carbocycles. The number of nitrogens with zero attached hydrogens (tertiary/aromatic N) is 1. The SMILES string of the molecule is CCCCNC(=O)C(CC)N(Cc1ccccc1Cl)C(=O)COc1ccc(C(C)(C)C)cc1. The summed E-state index contributed by atoms with van der Waals surface area (Å²) in [4.78, 5) is 27.7. The molecule has 0 saturated carbocycles. The van der Waals surface area contributed by atoms with Gasteiger partial charge in [0.25, 0.3) is 5.91 Å². The van der Waals surface area contributed by atoms with Crippen molar-refractivity contribution in [2.24, 2.45) is 0 Å². The van der Waals surface area contributed by atoms with Gasteiger partial charge in [-0.2, -0.15) is 0 Å². The highest BCUT2D eigenvalue weighted by Gasteiger charge is 2.29. The lowest BCUT2D eigenvalue weighted by molar-refractivity contribution is -0.143. The number of amides is 2. The highest BCUT2D eigenvalue weighted by Crippen LogP contribution is 2.24. The molecule has 0 aromatic heterocycles. The third-order valence-electron chi connectivity index (χ3n) is 5.60. The number of unbranched alkanes of at least 4 members (excludes halogenated alkanes) is 1. The van der Waals surface area contributed by atoms with Gasteiger partial charge in [0, 0.05) is 18.1 Å². The van der Waals surface area contributed by atoms with Crippen molar-refractivity contribution >= 4 is 23.4 Å². The van der Waals surface area contributed by atoms with Gasteiger partial charge in [0.1, 0.15) is 11.8 Å². The maximum Gasteiger partial charge on any atom is 0.261 e. The second-order valence-electron chi connectivity index (χ2n) is 9.24. The van der Waals surface area contributed by atoms with E-state index in [0.717, 1.165) is 18.4 Å². The molecule has 0 fully saturated rings. The fourth-order valence-corrected chi connectivity index (χ4v) is 3.71. The Kier molecular flexibility index (Phi) is 10.2. The molecule has 1 atom stereocenters. The molecule has 2 amide bonds. The molecule has 1 N–H and O–H groups in total. The summed E-state index contributed by atoms with van der Waals surface area (Å²) in [6.07, 6.45) is 2.38. The first-order valence-electron chi connectivity index (χ1n) is 11.7. The van der Waals surface area contributed by atoms with E-state index >= 15 is 0 Å². The molecule has 0 radical (unpaired) electrons. The molecule has 0 saturated heterocycles. The predicted molar refractivity (Wildman–Crippen MR) is 135 cm³/mol. The average Bonchev–Trinajstić information content (AvgIpc) is 2.78. The molecule has 0 spiro atoms. The molecular weight excluding hydrogens is 436 g/mol. The standard InChI is InChI=1S/C27H37ClN2O3/c1-6-8-17-29-26(32)24(7-2)30(18-20-11-9-10-12-23(20)28)25(31)19-33-22-15-13-21(14-16-22)27(3,4)5/h9-16,24H,6-8,17-19H2,1-5H3,(H,29,32). The van der Waals surface area contributed by atoms with Crippen molar-refractivity contribution in [2.75, 3.05) is 13.2 Å². The van der Waals surface area contributed by atoms with E-state index in [2.05, 4.69) is 33.0 Å². The maximum absolute atomic E-state index is 13.3. The predicted octanol–water partition coefficient (Wildman–Crippen LogP) is 5.74. The van der Waals surface area contributed by atoms with Gasteiger partial charge in [0.05, 0.1) is 0 Å². The third kappa shape index (κ3) is 8.08. The van der Waals surface area contributed by atoms with Crippen LogP contribution in [0.2, 0.25) is 5.02 Å². The molecule has 2 aromatic carbocycles. The minimum atomic E-state index is -0.600. The van der Waals surface area contributed by atoms with Crippen LogP contribution in [0.5, 0.6) is 5.75 Å². The summed E-state index contributed by atoms with van der Waals surface area (Å²) in [5.74, 6) is 0.211. The van der Waals surface area contributed by atoms with Gasteiger partial charge in [-0.1, -0.05) is 83.0 Å². The number of halogens is 1. The normalized spacial score (nSPS) is 12.2. The summed E-state index contributed by atoms with van der Waals surface area (Å²) in [7, 11) is 0. The second-order valence-corrected chi connectivity index (χ2v) is 9.65. The number of carbonyl (C=O) groups excluding carboxylic acids is 2. The molecule has 1 unspecified atom stereocenters. The van der Waals surface area contributed by atoms with Crippen LogP contribution in [0.4, 0.5) is 0 Å². The smallest absolute Gasteiger partial charge is 0.261 e. The van der Waals surface area contributed by atoms with Crippen LogP contribution in [0.1, 0.15) is 65.0 Å². The number of hydrogen-bond acceptors (Lipinski definition) is 3. The van der Waals surface area contributed by atoms with Crippen molar-refractivity contribution in [3.05, 3.63) is 64.7 Å². The number of ether oxygens (including phenoxy) is 1. The first-order valence-corrected chi connectivity index (χ1v) is 12.1. The minimum absolute atomic E-state index is 0.0413. The molecule has 5 nitrogen and oxygen atoms in total. The van der Waals surface area contributed by atoms with Gasteiger partial charge in [-0.05, 0) is 47.6 Å². The lowest BCUT2D eigenvalue weighted by Crippen LogP contribution is -2.50. The maximum atomic E-state index is 13.3. The van der Waals surface area contributed by atoms with Crippen molar-refractivity contribution in [1.29, 1.82) is 0 Å². The summed E-state index contributed by atoms with van der Waals surface area (Å²) < 4.78 is 5.80. The van der Waals surface area contributed by atoms with Gasteiger partial charge in [-0.15, -0.1) is 0 Å². The summed E-state index contributed by atoms with van der Waals surface area (Å²) in [5, 5.41) is 3.52. The van der Waals surface area contributed by atoms with Gasteiger partial charge in [-0.25, -0.2) is 0 Å². The van der Waals surface area contributed by atoms with Crippen molar-refractivity contribution in [3.63, 3.8) is 0 Å². The van der Waals surface area contributed by atoms with Crippen LogP contribution < -0.4 is 10.1 Å². The number of benzene rings is 2. The summed E-state index contributed by atoms with van der Waals surface area (Å²) in [5.41, 5.74) is 2.03. The van der Waals surface area contributed by atoms with Gasteiger partial charge in [-0.3, -0.25) is 9.59 Å². The average molecular weight is 473 g/mol. The first-order chi connectivity index (χ1) is 15.7. The first kappa shape index (κ1) is 26.7. The van der Waals surface area contributed by atoms with Crippen molar-refractivity contribution < 1.29 is 14.3 Å². The molecule has 180 valence electrons. The fraction of sp³-hybridized carbons (Fsp3) is 0.481. The number of rotatable bonds is 11. The Labute approximate surface area is 203 Å². The zero-order valence-electron chi connectivity index (χ0n) is 20.5. The van der Waals surface area contributed by atoms with Crippen LogP contribution in [-0.2, 0) is 21.5 Å². The number of nitrogens with one attached hydrogen (secondary N) is 1. The van der Waals surface area contributed by atoms with Gasteiger partial charge >= 0.3 is 0 Å². The highest BCUT2D eigenvalue weighted by atomic mass is 35.5. The van der Waals surface area contributed by atoms with E-state index in [4.69, 9.17) is 16.3 Å². The monoisotopic (exact) mass is 472 g/mol. The molecule has 2 rings (SSSR count). The molecule has 6 heteroatoms. The Balaban J connectivity index is 2.17. The second kappa shape index (κ2) is 12.6. The summed E-state index contributed by atoms with van der Waals surface area (Å²) in [6.45, 7) is 11.1. The minimum Gasteiger partial charge on any atom is -0.484 e. The number of hydrogen-bond donors (Lipinski definition) is 1. The largest absolute Gasteiger partial charge is 0.484 e. The van der Waals surface area contributed by atoms with Gasteiger partial charge < -0.3 is 15.0 Å². The molecule has 0 bridgehead atoms. The van der Waals surface area contributed by atoms with Crippen LogP contribution >= 0.6 is 11.6 Å². The van der Waals surface area contributed by atoms with Gasteiger partial charge in [0.2, 0.25) is 5.91 Å². The van der Waals surface area contributed by atoms with E-state index in [1.807, 2.05) is 49.4 Å². The summed E-state index contributed by atoms with van der Waals surface area (Å²) in [6, 6.07) is 14.6. The van der Waals surface area contributed by atoms with Crippen molar-refractivity contribution in [3.8, 4) is 5.75 Å². The fourth-order valence-electron chi connectivity index (χ4n) is 3.51. The van der Waals surface area contributed by atoms with E-state index in [-0.39, 0.29) is 30.4 Å². The number of carbonyl (C=O) groups is 2. The van der Waals surface area contributed by atoms with Crippen LogP contribution in [0.15, 0.2) is 48.5 Å². The zero-order chi connectivity index (χ0) is 24.4. The van der Waals surface area contributed by atoms with Crippen LogP contribution in [0.3, 0.4) is 0 Å². The van der Waals surface area contributed by atoms with E-state index < -0.39 is 6.04 Å². The Hall–Kier alpha value is -2.53. The molecule has 33 heavy (non-hydrogen) atoms. The highest BCUT2D eigenvalue weighted by molar-refractivity contribution is 6.31. The van der Waals surface area contributed by atoms with Crippen molar-refractivity contribution in [1.82, 2.24) is 10.2 Å². The van der Waals surface area contributed by atoms with E-state index in [0.29, 0.717) is 23.7 Å². The topological polar surface area (TPSA) is 58.6 Å². The van der Waals surface area contributed by atoms with Crippen molar-refractivity contribution in [2.45, 2.75) is 71.9 Å². The van der Waals surface area contributed by atoms with E-state index in [1.54, 1.807) is 11.0 Å². The molecule has 2 aromatic rings. The van der Waals surface area contributed by atoms with E-state index in [1.165, 1.54) is 5.56 Å². The lowest BCUT2D eigenvalue weighted by atomic mass is 9.87. The Morgan fingerprint density at radius 1 is 1.06 bits per heavy atom. The molecule has 0 aliphatic rings. The van der Waals surface area contributed by atoms with Gasteiger partial charge in [0.15, 0.2) is 6.61 Å². The third-order valence-corrected chi connectivity index (χ3v) is 5.97. The van der Waals surface area contributed by atoms with Crippen LogP contribution in [0, 0.1) is 0 Å². The molecule has 0 aliphatic heterocycles. The summed E-state index contributed by atoms with van der Waals surface area (Å²) >= 11 is 6.36. The lowest BCUT2D eigenvalue weighted by Gasteiger charge is -2.31. The Bertz CT molecular complexity index is 906. The Morgan fingerprint density at radius 3 is 2.30 bits per heavy atom. The van der Waals surface area contributed by atoms with E-state index in [9.17, 15) is 9.59 Å². The Morgan fingerprint density at radius 2 is 1.73 bits per heavy atom. The quantitative estimate of drug-likeness (QED) is 0.424. The van der Waals surface area contributed by atoms with Crippen LogP contribution in [-0.4, -0.2) is 35.9 Å². The molecular formula is C27H37ClN2O3. The zero-order valence-corrected chi connectivity index (χ0v) is 21.2. The molecule has 0 heterocycles. The van der Waals surface area contributed by atoms with Crippen LogP contribution in [0.25, 0.3) is 0 Å².